The molecule has 4 aromatic rings. The summed E-state index contributed by atoms with van der Waals surface area (Å²) >= 11 is 1.48. The number of likely N-dealkylation sites (N-methyl/N-ethyl adjacent to an activating group) is 1. The second-order valence-electron chi connectivity index (χ2n) is 6.61. The number of benzene rings is 1. The first-order chi connectivity index (χ1) is 15.6. The molecule has 0 fully saturated rings. The number of hydrogen-bond acceptors (Lipinski definition) is 7. The second-order valence-corrected chi connectivity index (χ2v) is 7.45. The number of allylic oxidation sites excluding steroid dienone is 4. The summed E-state index contributed by atoms with van der Waals surface area (Å²) < 4.78 is 1.83. The summed E-state index contributed by atoms with van der Waals surface area (Å²) in [7, 11) is 1.63. The highest BCUT2D eigenvalue weighted by atomic mass is 32.1. The van der Waals surface area contributed by atoms with Gasteiger partial charge < -0.3 is 4.90 Å². The van der Waals surface area contributed by atoms with E-state index in [-0.39, 0.29) is 11.6 Å². The average molecular weight is 440 g/mol. The molecule has 1 amide bonds. The number of nitrogens with zero attached hydrogens (tertiary/aromatic N) is 7. The van der Waals surface area contributed by atoms with Crippen LogP contribution in [0.2, 0.25) is 0 Å². The Morgan fingerprint density at radius 2 is 2.00 bits per heavy atom. The molecule has 3 heterocycles. The topological polar surface area (TPSA) is 100 Å². The van der Waals surface area contributed by atoms with Crippen molar-refractivity contribution >= 4 is 22.9 Å². The lowest BCUT2D eigenvalue weighted by molar-refractivity contribution is 0.0834. The molecule has 0 spiro atoms. The minimum Gasteiger partial charge on any atom is -0.310 e. The number of imidazole rings is 1. The number of rotatable bonds is 6. The highest BCUT2D eigenvalue weighted by molar-refractivity contribution is 7.12. The van der Waals surface area contributed by atoms with E-state index >= 15 is 0 Å². The first-order valence-electron chi connectivity index (χ1n) is 9.49. The lowest BCUT2D eigenvalue weighted by atomic mass is 10.1. The SMILES string of the molecule is C=CC(=CC=CC#N)N(C)C(=O)c1cn2c(-c3ccc(-c4nncs4)cc3)cnc2cn1. The molecule has 156 valence electrons. The maximum atomic E-state index is 13.0. The monoisotopic (exact) mass is 439 g/mol. The molecule has 0 radical (unpaired) electrons. The van der Waals surface area contributed by atoms with Crippen molar-refractivity contribution < 1.29 is 4.79 Å². The van der Waals surface area contributed by atoms with Crippen LogP contribution in [0.25, 0.3) is 27.5 Å². The second kappa shape index (κ2) is 9.16. The van der Waals surface area contributed by atoms with Crippen molar-refractivity contribution in [2.24, 2.45) is 0 Å². The van der Waals surface area contributed by atoms with Gasteiger partial charge in [0, 0.05) is 36.1 Å². The molecule has 0 saturated heterocycles. The molecule has 32 heavy (non-hydrogen) atoms. The molecule has 0 saturated carbocycles. The number of fused-ring (bicyclic) bond motifs is 1. The minimum absolute atomic E-state index is 0.252. The highest BCUT2D eigenvalue weighted by Gasteiger charge is 2.17. The third-order valence-corrected chi connectivity index (χ3v) is 5.48. The number of carbonyl (C=O) groups excluding carboxylic acids is 1. The van der Waals surface area contributed by atoms with Crippen LogP contribution in [0.3, 0.4) is 0 Å². The van der Waals surface area contributed by atoms with Crippen LogP contribution >= 0.6 is 11.3 Å². The summed E-state index contributed by atoms with van der Waals surface area (Å²) in [5.74, 6) is -0.310. The van der Waals surface area contributed by atoms with E-state index in [4.69, 9.17) is 5.26 Å². The molecule has 0 aliphatic rings. The van der Waals surface area contributed by atoms with Crippen LogP contribution < -0.4 is 0 Å². The van der Waals surface area contributed by atoms with E-state index in [0.717, 1.165) is 21.8 Å². The predicted molar refractivity (Wildman–Crippen MR) is 122 cm³/mol. The van der Waals surface area contributed by atoms with Crippen molar-refractivity contribution in [2.45, 2.75) is 0 Å². The van der Waals surface area contributed by atoms with Gasteiger partial charge in [-0.1, -0.05) is 42.2 Å². The largest absolute Gasteiger partial charge is 0.310 e. The summed E-state index contributed by atoms with van der Waals surface area (Å²) in [6.45, 7) is 3.74. The number of amides is 1. The molecular formula is C23H17N7OS. The van der Waals surface area contributed by atoms with E-state index in [9.17, 15) is 4.79 Å². The van der Waals surface area contributed by atoms with Gasteiger partial charge in [0.2, 0.25) is 0 Å². The molecule has 0 atom stereocenters. The molecule has 1 aromatic carbocycles. The molecule has 0 N–H and O–H groups in total. The van der Waals surface area contributed by atoms with Crippen LogP contribution in [0.15, 0.2) is 84.9 Å². The number of hydrogen-bond donors (Lipinski definition) is 0. The summed E-state index contributed by atoms with van der Waals surface area (Å²) in [6, 6.07) is 9.82. The average Bonchev–Trinajstić information content (AvgIpc) is 3.51. The fourth-order valence-electron chi connectivity index (χ4n) is 3.09. The zero-order valence-electron chi connectivity index (χ0n) is 17.1. The van der Waals surface area contributed by atoms with Gasteiger partial charge >= 0.3 is 0 Å². The zero-order valence-corrected chi connectivity index (χ0v) is 17.9. The van der Waals surface area contributed by atoms with E-state index in [1.54, 1.807) is 49.4 Å². The Hall–Kier alpha value is -4.42. The van der Waals surface area contributed by atoms with Crippen molar-refractivity contribution in [3.63, 3.8) is 0 Å². The van der Waals surface area contributed by atoms with Crippen LogP contribution in [-0.4, -0.2) is 42.4 Å². The molecule has 0 unspecified atom stereocenters. The molecule has 0 aliphatic carbocycles. The van der Waals surface area contributed by atoms with Gasteiger partial charge in [-0.15, -0.1) is 10.2 Å². The molecule has 0 aliphatic heterocycles. The van der Waals surface area contributed by atoms with Crippen LogP contribution in [0.4, 0.5) is 0 Å². The lowest BCUT2D eigenvalue weighted by Gasteiger charge is -2.17. The minimum atomic E-state index is -0.310. The predicted octanol–water partition coefficient (Wildman–Crippen LogP) is 4.14. The summed E-state index contributed by atoms with van der Waals surface area (Å²) in [5, 5.41) is 17.5. The van der Waals surface area contributed by atoms with Gasteiger partial charge in [0.25, 0.3) is 5.91 Å². The van der Waals surface area contributed by atoms with Gasteiger partial charge in [0.15, 0.2) is 5.65 Å². The lowest BCUT2D eigenvalue weighted by Crippen LogP contribution is -2.26. The van der Waals surface area contributed by atoms with Crippen molar-refractivity contribution in [3.8, 4) is 27.9 Å². The van der Waals surface area contributed by atoms with E-state index in [2.05, 4.69) is 26.7 Å². The maximum absolute atomic E-state index is 13.0. The normalized spacial score (nSPS) is 11.6. The van der Waals surface area contributed by atoms with Crippen LogP contribution in [0.5, 0.6) is 0 Å². The highest BCUT2D eigenvalue weighted by Crippen LogP contribution is 2.26. The first kappa shape index (κ1) is 20.8. The van der Waals surface area contributed by atoms with Crippen molar-refractivity contribution in [2.75, 3.05) is 7.05 Å². The van der Waals surface area contributed by atoms with Gasteiger partial charge in [-0.05, 0) is 18.2 Å². The van der Waals surface area contributed by atoms with Crippen LogP contribution in [0.1, 0.15) is 10.5 Å². The number of aromatic nitrogens is 5. The first-order valence-corrected chi connectivity index (χ1v) is 10.4. The van der Waals surface area contributed by atoms with Gasteiger partial charge in [0.05, 0.1) is 24.2 Å². The molecule has 3 aromatic heterocycles. The van der Waals surface area contributed by atoms with Crippen molar-refractivity contribution in [1.29, 1.82) is 5.26 Å². The van der Waals surface area contributed by atoms with Gasteiger partial charge in [-0.2, -0.15) is 5.26 Å². The Balaban J connectivity index is 1.66. The molecule has 9 heteroatoms. The van der Waals surface area contributed by atoms with Crippen molar-refractivity contribution in [1.82, 2.24) is 29.5 Å². The number of carbonyl (C=O) groups is 1. The van der Waals surface area contributed by atoms with E-state index in [1.807, 2.05) is 34.7 Å². The quantitative estimate of drug-likeness (QED) is 0.331. The molecule has 4 rings (SSSR count). The Morgan fingerprint density at radius 1 is 1.22 bits per heavy atom. The molecule has 8 nitrogen and oxygen atoms in total. The van der Waals surface area contributed by atoms with Crippen molar-refractivity contribution in [3.05, 3.63) is 90.6 Å². The third kappa shape index (κ3) is 4.08. The Labute approximate surface area is 188 Å². The van der Waals surface area contributed by atoms with E-state index in [0.29, 0.717) is 11.3 Å². The summed E-state index contributed by atoms with van der Waals surface area (Å²) in [5.41, 5.74) is 5.88. The molecule has 0 bridgehead atoms. The maximum Gasteiger partial charge on any atom is 0.278 e. The Bertz CT molecular complexity index is 1380. The van der Waals surface area contributed by atoms with Gasteiger partial charge in [-0.25, -0.2) is 9.97 Å². The smallest absolute Gasteiger partial charge is 0.278 e. The van der Waals surface area contributed by atoms with E-state index < -0.39 is 0 Å². The van der Waals surface area contributed by atoms with Gasteiger partial charge in [0.1, 0.15) is 16.2 Å². The van der Waals surface area contributed by atoms with Crippen LogP contribution in [0, 0.1) is 11.3 Å². The third-order valence-electron chi connectivity index (χ3n) is 4.74. The van der Waals surface area contributed by atoms with Gasteiger partial charge in [-0.3, -0.25) is 9.20 Å². The zero-order chi connectivity index (χ0) is 22.5. The Morgan fingerprint density at radius 3 is 2.69 bits per heavy atom. The summed E-state index contributed by atoms with van der Waals surface area (Å²) in [6.07, 6.45) is 11.0. The fourth-order valence-corrected chi connectivity index (χ4v) is 3.65. The summed E-state index contributed by atoms with van der Waals surface area (Å²) in [4.78, 5) is 23.1. The van der Waals surface area contributed by atoms with Crippen LogP contribution in [-0.2, 0) is 0 Å². The standard InChI is InChI=1S/C23H17N7OS/c1-3-18(6-4-5-11-24)29(2)23(31)19-14-30-20(12-26-21(30)13-25-19)16-7-9-17(10-8-16)22-28-27-15-32-22/h3-10,12-15H,1H2,2H3. The fraction of sp³-hybridized carbons (Fsp3) is 0.0435. The Kier molecular flexibility index (Phi) is 5.96. The molecular weight excluding hydrogens is 422 g/mol. The number of nitriles is 1. The van der Waals surface area contributed by atoms with E-state index in [1.165, 1.54) is 22.3 Å².